The third kappa shape index (κ3) is 3.74. The normalized spacial score (nSPS) is 15.1. The standard InChI is InChI=1S/C17H20ClN3OS/c1-11-13(18)6-5-7-14(11)20-17(22)16-12(2)19-15(23-16)10-21-8-3-4-9-21/h5-7H,3-4,8-10H2,1-2H3,(H,20,22). The number of likely N-dealkylation sites (tertiary alicyclic amines) is 1. The van der Waals surface area contributed by atoms with E-state index in [1.165, 1.54) is 24.2 Å². The highest BCUT2D eigenvalue weighted by atomic mass is 35.5. The molecule has 1 N–H and O–H groups in total. The molecule has 4 nitrogen and oxygen atoms in total. The first-order valence-electron chi connectivity index (χ1n) is 7.79. The minimum absolute atomic E-state index is 0.113. The van der Waals surface area contributed by atoms with E-state index in [-0.39, 0.29) is 5.91 Å². The minimum atomic E-state index is -0.113. The number of aromatic nitrogens is 1. The maximum atomic E-state index is 12.6. The Morgan fingerprint density at radius 3 is 2.83 bits per heavy atom. The van der Waals surface area contributed by atoms with Crippen molar-refractivity contribution in [3.63, 3.8) is 0 Å². The Morgan fingerprint density at radius 1 is 1.35 bits per heavy atom. The third-order valence-electron chi connectivity index (χ3n) is 4.12. The summed E-state index contributed by atoms with van der Waals surface area (Å²) in [5, 5.41) is 4.61. The van der Waals surface area contributed by atoms with Gasteiger partial charge in [0.15, 0.2) is 0 Å². The van der Waals surface area contributed by atoms with Crippen LogP contribution in [0.3, 0.4) is 0 Å². The van der Waals surface area contributed by atoms with Crippen molar-refractivity contribution >= 4 is 34.5 Å². The SMILES string of the molecule is Cc1nc(CN2CCCC2)sc1C(=O)Nc1cccc(Cl)c1C. The summed E-state index contributed by atoms with van der Waals surface area (Å²) in [4.78, 5) is 20.2. The summed E-state index contributed by atoms with van der Waals surface area (Å²) in [6.07, 6.45) is 2.51. The summed E-state index contributed by atoms with van der Waals surface area (Å²) in [7, 11) is 0. The van der Waals surface area contributed by atoms with Crippen molar-refractivity contribution in [2.24, 2.45) is 0 Å². The van der Waals surface area contributed by atoms with Crippen LogP contribution in [0, 0.1) is 13.8 Å². The molecule has 2 aromatic rings. The van der Waals surface area contributed by atoms with Crippen LogP contribution in [0.4, 0.5) is 5.69 Å². The lowest BCUT2D eigenvalue weighted by molar-refractivity contribution is 0.102. The summed E-state index contributed by atoms with van der Waals surface area (Å²) in [6.45, 7) is 6.89. The maximum Gasteiger partial charge on any atom is 0.267 e. The molecule has 1 aliphatic heterocycles. The van der Waals surface area contributed by atoms with Crippen LogP contribution in [-0.4, -0.2) is 28.9 Å². The molecule has 6 heteroatoms. The number of amides is 1. The van der Waals surface area contributed by atoms with Crippen LogP contribution in [0.5, 0.6) is 0 Å². The first kappa shape index (κ1) is 16.4. The smallest absolute Gasteiger partial charge is 0.267 e. The molecule has 0 aliphatic carbocycles. The van der Waals surface area contributed by atoms with Crippen molar-refractivity contribution < 1.29 is 4.79 Å². The van der Waals surface area contributed by atoms with Crippen molar-refractivity contribution in [2.45, 2.75) is 33.2 Å². The first-order chi connectivity index (χ1) is 11.0. The molecule has 1 amide bonds. The Balaban J connectivity index is 1.74. The molecule has 3 rings (SSSR count). The van der Waals surface area contributed by atoms with Crippen LogP contribution in [0.1, 0.15) is 38.8 Å². The molecule has 122 valence electrons. The number of nitrogens with zero attached hydrogens (tertiary/aromatic N) is 2. The van der Waals surface area contributed by atoms with Gasteiger partial charge >= 0.3 is 0 Å². The fraction of sp³-hybridized carbons (Fsp3) is 0.412. The topological polar surface area (TPSA) is 45.2 Å². The zero-order valence-electron chi connectivity index (χ0n) is 13.4. The third-order valence-corrected chi connectivity index (χ3v) is 5.67. The van der Waals surface area contributed by atoms with Crippen LogP contribution in [0.2, 0.25) is 5.02 Å². The second kappa shape index (κ2) is 6.99. The average Bonchev–Trinajstić information content (AvgIpc) is 3.14. The van der Waals surface area contributed by atoms with E-state index in [9.17, 15) is 4.79 Å². The molecule has 1 aromatic carbocycles. The largest absolute Gasteiger partial charge is 0.321 e. The van der Waals surface area contributed by atoms with Gasteiger partial charge in [-0.25, -0.2) is 4.98 Å². The van der Waals surface area contributed by atoms with Crippen LogP contribution in [0.25, 0.3) is 0 Å². The molecule has 1 fully saturated rings. The predicted molar refractivity (Wildman–Crippen MR) is 95.5 cm³/mol. The van der Waals surface area contributed by atoms with Gasteiger partial charge in [0.1, 0.15) is 9.88 Å². The summed E-state index contributed by atoms with van der Waals surface area (Å²) < 4.78 is 0. The summed E-state index contributed by atoms with van der Waals surface area (Å²) in [5.41, 5.74) is 2.42. The summed E-state index contributed by atoms with van der Waals surface area (Å²) >= 11 is 7.59. The number of thiazole rings is 1. The maximum absolute atomic E-state index is 12.6. The van der Waals surface area contributed by atoms with E-state index in [4.69, 9.17) is 11.6 Å². The fourth-order valence-corrected chi connectivity index (χ4v) is 3.96. The van der Waals surface area contributed by atoms with Crippen molar-refractivity contribution in [3.8, 4) is 0 Å². The lowest BCUT2D eigenvalue weighted by Gasteiger charge is -2.11. The van der Waals surface area contributed by atoms with Gasteiger partial charge in [0.05, 0.1) is 12.2 Å². The Bertz CT molecular complexity index is 723. The molecule has 0 unspecified atom stereocenters. The zero-order valence-corrected chi connectivity index (χ0v) is 14.9. The van der Waals surface area contributed by atoms with Gasteiger partial charge in [0.2, 0.25) is 0 Å². The Kier molecular flexibility index (Phi) is 4.99. The molecule has 0 radical (unpaired) electrons. The number of halogens is 1. The lowest BCUT2D eigenvalue weighted by Crippen LogP contribution is -2.18. The molecule has 0 saturated carbocycles. The number of hydrogen-bond donors (Lipinski definition) is 1. The van der Waals surface area contributed by atoms with Crippen LogP contribution in [0.15, 0.2) is 18.2 Å². The fourth-order valence-electron chi connectivity index (χ4n) is 2.78. The number of hydrogen-bond acceptors (Lipinski definition) is 4. The summed E-state index contributed by atoms with van der Waals surface area (Å²) in [6, 6.07) is 5.52. The van der Waals surface area contributed by atoms with E-state index >= 15 is 0 Å². The first-order valence-corrected chi connectivity index (χ1v) is 8.99. The highest BCUT2D eigenvalue weighted by Crippen LogP contribution is 2.26. The Hall–Kier alpha value is -1.43. The zero-order chi connectivity index (χ0) is 16.4. The van der Waals surface area contributed by atoms with Gasteiger partial charge in [-0.05, 0) is 57.5 Å². The molecule has 1 aliphatic rings. The number of aryl methyl sites for hydroxylation is 1. The quantitative estimate of drug-likeness (QED) is 0.896. The molecule has 23 heavy (non-hydrogen) atoms. The molecule has 1 aromatic heterocycles. The lowest BCUT2D eigenvalue weighted by atomic mass is 10.2. The van der Waals surface area contributed by atoms with E-state index in [0.717, 1.165) is 41.6 Å². The number of benzene rings is 1. The Morgan fingerprint density at radius 2 is 2.09 bits per heavy atom. The predicted octanol–water partition coefficient (Wildman–Crippen LogP) is 4.26. The van der Waals surface area contributed by atoms with Gasteiger partial charge in [-0.1, -0.05) is 17.7 Å². The number of carbonyl (C=O) groups excluding carboxylic acids is 1. The minimum Gasteiger partial charge on any atom is -0.321 e. The number of rotatable bonds is 4. The number of carbonyl (C=O) groups is 1. The van der Waals surface area contributed by atoms with E-state index in [1.807, 2.05) is 32.0 Å². The Labute approximate surface area is 145 Å². The van der Waals surface area contributed by atoms with Gasteiger partial charge in [-0.2, -0.15) is 0 Å². The van der Waals surface area contributed by atoms with E-state index in [1.54, 1.807) is 0 Å². The highest BCUT2D eigenvalue weighted by Gasteiger charge is 2.19. The van der Waals surface area contributed by atoms with Crippen LogP contribution in [-0.2, 0) is 6.54 Å². The molecule has 0 atom stereocenters. The molecule has 2 heterocycles. The van der Waals surface area contributed by atoms with E-state index < -0.39 is 0 Å². The van der Waals surface area contributed by atoms with Gasteiger partial charge in [0.25, 0.3) is 5.91 Å². The molecular weight excluding hydrogens is 330 g/mol. The molecule has 1 saturated heterocycles. The molecular formula is C17H20ClN3OS. The van der Waals surface area contributed by atoms with Crippen molar-refractivity contribution in [1.29, 1.82) is 0 Å². The van der Waals surface area contributed by atoms with Gasteiger partial charge < -0.3 is 5.32 Å². The van der Waals surface area contributed by atoms with E-state index in [2.05, 4.69) is 15.2 Å². The number of anilines is 1. The second-order valence-corrected chi connectivity index (χ2v) is 7.36. The van der Waals surface area contributed by atoms with E-state index in [0.29, 0.717) is 9.90 Å². The average molecular weight is 350 g/mol. The van der Waals surface area contributed by atoms with Crippen molar-refractivity contribution in [1.82, 2.24) is 9.88 Å². The van der Waals surface area contributed by atoms with Gasteiger partial charge in [0, 0.05) is 10.7 Å². The second-order valence-electron chi connectivity index (χ2n) is 5.87. The monoisotopic (exact) mass is 349 g/mol. The van der Waals surface area contributed by atoms with Gasteiger partial charge in [-0.3, -0.25) is 9.69 Å². The van der Waals surface area contributed by atoms with Crippen molar-refractivity contribution in [3.05, 3.63) is 44.4 Å². The molecule has 0 spiro atoms. The van der Waals surface area contributed by atoms with Crippen LogP contribution < -0.4 is 5.32 Å². The van der Waals surface area contributed by atoms with Crippen molar-refractivity contribution in [2.75, 3.05) is 18.4 Å². The van der Waals surface area contributed by atoms with Crippen LogP contribution >= 0.6 is 22.9 Å². The number of nitrogens with one attached hydrogen (secondary N) is 1. The highest BCUT2D eigenvalue weighted by molar-refractivity contribution is 7.13. The summed E-state index contributed by atoms with van der Waals surface area (Å²) in [5.74, 6) is -0.113. The van der Waals surface area contributed by atoms with Gasteiger partial charge in [-0.15, -0.1) is 11.3 Å². The molecule has 0 bridgehead atoms.